The second kappa shape index (κ2) is 13.3. The molecule has 1 atom stereocenters. The summed E-state index contributed by atoms with van der Waals surface area (Å²) in [7, 11) is 1.75. The van der Waals surface area contributed by atoms with Gasteiger partial charge in [0.05, 0.1) is 0 Å². The molecule has 1 unspecified atom stereocenters. The average molecular weight is 426 g/mol. The maximum Gasteiger partial charge on any atom is 0.410 e. The molecule has 1 fully saturated rings. The molecule has 0 aromatic carbocycles. The van der Waals surface area contributed by atoms with E-state index in [9.17, 15) is 9.59 Å². The highest BCUT2D eigenvalue weighted by atomic mass is 16.6. The maximum absolute atomic E-state index is 12.1. The van der Waals surface area contributed by atoms with Crippen molar-refractivity contribution in [2.24, 2.45) is 10.9 Å². The lowest BCUT2D eigenvalue weighted by molar-refractivity contribution is -0.130. The van der Waals surface area contributed by atoms with Crippen molar-refractivity contribution in [3.8, 4) is 0 Å². The second-order valence-electron chi connectivity index (χ2n) is 9.16. The molecule has 2 N–H and O–H groups in total. The molecule has 0 bridgehead atoms. The number of guanidine groups is 1. The Kier molecular flexibility index (Phi) is 11.6. The number of nitrogens with zero attached hydrogens (tertiary/aromatic N) is 3. The van der Waals surface area contributed by atoms with Crippen LogP contribution in [-0.4, -0.2) is 79.7 Å². The topological polar surface area (TPSA) is 86.3 Å². The van der Waals surface area contributed by atoms with Crippen molar-refractivity contribution in [1.29, 1.82) is 0 Å². The minimum Gasteiger partial charge on any atom is -0.444 e. The monoisotopic (exact) mass is 425 g/mol. The van der Waals surface area contributed by atoms with Crippen LogP contribution in [0.4, 0.5) is 4.79 Å². The van der Waals surface area contributed by atoms with E-state index in [1.165, 1.54) is 0 Å². The van der Waals surface area contributed by atoms with Crippen molar-refractivity contribution in [1.82, 2.24) is 20.4 Å². The number of rotatable bonds is 9. The lowest BCUT2D eigenvalue weighted by atomic mass is 10.2. The Morgan fingerprint density at radius 3 is 2.67 bits per heavy atom. The van der Waals surface area contributed by atoms with Gasteiger partial charge in [0.1, 0.15) is 5.60 Å². The molecule has 174 valence electrons. The summed E-state index contributed by atoms with van der Waals surface area (Å²) in [5.74, 6) is 1.26. The molecule has 0 radical (unpaired) electrons. The summed E-state index contributed by atoms with van der Waals surface area (Å²) in [6.45, 7) is 14.1. The molecule has 2 amide bonds. The Hall–Kier alpha value is -1.99. The van der Waals surface area contributed by atoms with E-state index in [-0.39, 0.29) is 17.9 Å². The molecule has 8 nitrogen and oxygen atoms in total. The van der Waals surface area contributed by atoms with Gasteiger partial charge in [-0.3, -0.25) is 9.79 Å². The number of ether oxygens (including phenoxy) is 1. The number of carbonyl (C=O) groups excluding carboxylic acids is 2. The predicted octanol–water partition coefficient (Wildman–Crippen LogP) is 2.84. The minimum atomic E-state index is -0.493. The summed E-state index contributed by atoms with van der Waals surface area (Å²) in [5, 5.41) is 6.60. The lowest BCUT2D eigenvalue weighted by Crippen LogP contribution is -2.40. The number of nitrogens with one attached hydrogen (secondary N) is 2. The molecule has 8 heteroatoms. The van der Waals surface area contributed by atoms with Crippen LogP contribution >= 0.6 is 0 Å². The summed E-state index contributed by atoms with van der Waals surface area (Å²) in [6.07, 6.45) is 4.55. The van der Waals surface area contributed by atoms with Crippen LogP contribution in [0.3, 0.4) is 0 Å². The molecule has 1 aliphatic rings. The Bertz CT molecular complexity index is 559. The molecule has 0 aliphatic carbocycles. The van der Waals surface area contributed by atoms with Crippen LogP contribution in [0.1, 0.15) is 66.7 Å². The molecule has 0 aromatic heterocycles. The van der Waals surface area contributed by atoms with Crippen molar-refractivity contribution >= 4 is 18.0 Å². The van der Waals surface area contributed by atoms with E-state index in [1.807, 2.05) is 32.6 Å². The van der Waals surface area contributed by atoms with E-state index in [1.54, 1.807) is 11.9 Å². The third-order valence-electron chi connectivity index (χ3n) is 4.76. The molecule has 1 heterocycles. The number of carbonyl (C=O) groups is 2. The van der Waals surface area contributed by atoms with Gasteiger partial charge in [-0.1, -0.05) is 13.3 Å². The van der Waals surface area contributed by atoms with Gasteiger partial charge in [0, 0.05) is 52.7 Å². The third-order valence-corrected chi connectivity index (χ3v) is 4.76. The molecule has 0 aromatic rings. The van der Waals surface area contributed by atoms with E-state index >= 15 is 0 Å². The van der Waals surface area contributed by atoms with Gasteiger partial charge in [0.2, 0.25) is 5.91 Å². The molecular weight excluding hydrogens is 382 g/mol. The highest BCUT2D eigenvalue weighted by molar-refractivity contribution is 5.79. The van der Waals surface area contributed by atoms with Crippen LogP contribution in [0.25, 0.3) is 0 Å². The Balaban J connectivity index is 2.39. The van der Waals surface area contributed by atoms with E-state index in [0.29, 0.717) is 19.5 Å². The van der Waals surface area contributed by atoms with Crippen molar-refractivity contribution in [2.45, 2.75) is 72.3 Å². The lowest BCUT2D eigenvalue weighted by Gasteiger charge is -2.26. The van der Waals surface area contributed by atoms with Crippen LogP contribution in [-0.2, 0) is 9.53 Å². The van der Waals surface area contributed by atoms with Gasteiger partial charge < -0.3 is 25.2 Å². The first-order chi connectivity index (χ1) is 14.1. The quantitative estimate of drug-likeness (QED) is 0.337. The minimum absolute atomic E-state index is 0.202. The van der Waals surface area contributed by atoms with E-state index in [4.69, 9.17) is 4.74 Å². The van der Waals surface area contributed by atoms with Crippen LogP contribution in [0, 0.1) is 5.92 Å². The van der Waals surface area contributed by atoms with E-state index in [2.05, 4.69) is 22.5 Å². The molecule has 0 saturated carbocycles. The first-order valence-electron chi connectivity index (χ1n) is 11.4. The summed E-state index contributed by atoms with van der Waals surface area (Å²) >= 11 is 0. The summed E-state index contributed by atoms with van der Waals surface area (Å²) < 4.78 is 5.39. The van der Waals surface area contributed by atoms with Crippen molar-refractivity contribution in [2.75, 3.05) is 46.3 Å². The molecule has 0 spiro atoms. The van der Waals surface area contributed by atoms with Gasteiger partial charge in [-0.25, -0.2) is 4.79 Å². The maximum atomic E-state index is 12.1. The number of hydrogen-bond donors (Lipinski definition) is 2. The zero-order valence-electron chi connectivity index (χ0n) is 19.9. The summed E-state index contributed by atoms with van der Waals surface area (Å²) in [5.41, 5.74) is -0.493. The van der Waals surface area contributed by atoms with Gasteiger partial charge in [-0.15, -0.1) is 0 Å². The van der Waals surface area contributed by atoms with Crippen LogP contribution < -0.4 is 10.6 Å². The second-order valence-corrected chi connectivity index (χ2v) is 9.16. The number of hydrogen-bond acceptors (Lipinski definition) is 4. The molecule has 30 heavy (non-hydrogen) atoms. The Morgan fingerprint density at radius 1 is 1.27 bits per heavy atom. The number of likely N-dealkylation sites (tertiary alicyclic amines) is 1. The van der Waals surface area contributed by atoms with Gasteiger partial charge in [0.15, 0.2) is 5.96 Å². The molecular formula is C22H43N5O3. The van der Waals surface area contributed by atoms with Crippen molar-refractivity contribution < 1.29 is 14.3 Å². The standard InChI is InChI=1S/C22H43N5O3/c1-7-23-20(24-13-11-15-27-14-10-8-9-12-19(27)28)25-16-18(2)17-26(6)21(29)30-22(3,4)5/h18H,7-17H2,1-6H3,(H2,23,24,25). The van der Waals surface area contributed by atoms with Gasteiger partial charge >= 0.3 is 6.09 Å². The Labute approximate surface area is 182 Å². The highest BCUT2D eigenvalue weighted by Crippen LogP contribution is 2.11. The SMILES string of the molecule is CCNC(=NCC(C)CN(C)C(=O)OC(C)(C)C)NCCCN1CCCCCC1=O. The smallest absolute Gasteiger partial charge is 0.410 e. The average Bonchev–Trinajstić information content (AvgIpc) is 2.85. The van der Waals surface area contributed by atoms with Gasteiger partial charge in [0.25, 0.3) is 0 Å². The Morgan fingerprint density at radius 2 is 2.00 bits per heavy atom. The fourth-order valence-electron chi connectivity index (χ4n) is 3.28. The fraction of sp³-hybridized carbons (Fsp3) is 0.864. The van der Waals surface area contributed by atoms with Crippen molar-refractivity contribution in [3.05, 3.63) is 0 Å². The first-order valence-corrected chi connectivity index (χ1v) is 11.4. The van der Waals surface area contributed by atoms with Gasteiger partial charge in [-0.05, 0) is 52.9 Å². The van der Waals surface area contributed by atoms with Crippen LogP contribution in [0.2, 0.25) is 0 Å². The number of amides is 2. The van der Waals surface area contributed by atoms with E-state index < -0.39 is 5.60 Å². The third kappa shape index (κ3) is 11.3. The summed E-state index contributed by atoms with van der Waals surface area (Å²) in [4.78, 5) is 32.4. The van der Waals surface area contributed by atoms with Crippen LogP contribution in [0.15, 0.2) is 4.99 Å². The summed E-state index contributed by atoms with van der Waals surface area (Å²) in [6, 6.07) is 0. The van der Waals surface area contributed by atoms with Crippen molar-refractivity contribution in [3.63, 3.8) is 0 Å². The largest absolute Gasteiger partial charge is 0.444 e. The molecule has 1 aliphatic heterocycles. The zero-order chi connectivity index (χ0) is 22.6. The predicted molar refractivity (Wildman–Crippen MR) is 122 cm³/mol. The molecule has 1 rings (SSSR count). The van der Waals surface area contributed by atoms with E-state index in [0.717, 1.165) is 57.8 Å². The number of aliphatic imine (C=N–C) groups is 1. The zero-order valence-corrected chi connectivity index (χ0v) is 19.9. The van der Waals surface area contributed by atoms with Crippen LogP contribution in [0.5, 0.6) is 0 Å². The normalized spacial score (nSPS) is 16.7. The first kappa shape index (κ1) is 26.0. The highest BCUT2D eigenvalue weighted by Gasteiger charge is 2.20. The fourth-order valence-corrected chi connectivity index (χ4v) is 3.28. The van der Waals surface area contributed by atoms with Gasteiger partial charge in [-0.2, -0.15) is 0 Å². The molecule has 1 saturated heterocycles.